The molecule has 0 saturated heterocycles. The SMILES string of the molecule is CC[N+](C)(C)C(CC(C)C)(Oc1ccccc1)c1ccccc1CC(C)C. The molecule has 0 bridgehead atoms. The van der Waals surface area contributed by atoms with Crippen LogP contribution in [0.25, 0.3) is 0 Å². The zero-order chi connectivity index (χ0) is 20.1. The quantitative estimate of drug-likeness (QED) is 0.375. The molecular weight excluding hydrogens is 330 g/mol. The van der Waals surface area contributed by atoms with E-state index in [1.807, 2.05) is 6.07 Å². The molecule has 0 aromatic heterocycles. The summed E-state index contributed by atoms with van der Waals surface area (Å²) in [7, 11) is 4.61. The van der Waals surface area contributed by atoms with Gasteiger partial charge in [-0.15, -0.1) is 0 Å². The van der Waals surface area contributed by atoms with Gasteiger partial charge in [-0.25, -0.2) is 0 Å². The normalized spacial score (nSPS) is 14.4. The Hall–Kier alpha value is -1.80. The third-order valence-electron chi connectivity index (χ3n) is 5.55. The molecule has 1 unspecified atom stereocenters. The second-order valence-corrected chi connectivity index (χ2v) is 9.05. The molecule has 0 heterocycles. The smallest absolute Gasteiger partial charge is 0.269 e. The molecule has 2 aromatic rings. The lowest BCUT2D eigenvalue weighted by Gasteiger charge is -2.49. The van der Waals surface area contributed by atoms with Gasteiger partial charge in [-0.1, -0.05) is 64.1 Å². The molecule has 0 saturated carbocycles. The van der Waals surface area contributed by atoms with E-state index >= 15 is 0 Å². The lowest BCUT2D eigenvalue weighted by atomic mass is 9.84. The van der Waals surface area contributed by atoms with Gasteiger partial charge in [-0.2, -0.15) is 0 Å². The summed E-state index contributed by atoms with van der Waals surface area (Å²) in [5.41, 5.74) is 2.32. The number of quaternary nitrogens is 1. The maximum Gasteiger partial charge on any atom is 0.269 e. The van der Waals surface area contributed by atoms with E-state index in [1.54, 1.807) is 0 Å². The van der Waals surface area contributed by atoms with E-state index in [9.17, 15) is 0 Å². The van der Waals surface area contributed by atoms with Crippen molar-refractivity contribution in [3.05, 3.63) is 65.7 Å². The van der Waals surface area contributed by atoms with Gasteiger partial charge in [0.1, 0.15) is 5.75 Å². The van der Waals surface area contributed by atoms with Crippen molar-refractivity contribution in [2.24, 2.45) is 11.8 Å². The lowest BCUT2D eigenvalue weighted by Crippen LogP contribution is -2.61. The fourth-order valence-electron chi connectivity index (χ4n) is 3.91. The highest BCUT2D eigenvalue weighted by Crippen LogP contribution is 2.42. The molecule has 0 radical (unpaired) electrons. The zero-order valence-electron chi connectivity index (χ0n) is 18.3. The van der Waals surface area contributed by atoms with Crippen LogP contribution < -0.4 is 4.74 Å². The average Bonchev–Trinajstić information content (AvgIpc) is 2.61. The van der Waals surface area contributed by atoms with Crippen LogP contribution >= 0.6 is 0 Å². The first-order valence-electron chi connectivity index (χ1n) is 10.4. The van der Waals surface area contributed by atoms with Gasteiger partial charge in [-0.05, 0) is 48.9 Å². The van der Waals surface area contributed by atoms with Crippen molar-refractivity contribution < 1.29 is 9.22 Å². The van der Waals surface area contributed by atoms with Gasteiger partial charge in [0.25, 0.3) is 5.72 Å². The highest BCUT2D eigenvalue weighted by Gasteiger charge is 2.50. The Kier molecular flexibility index (Phi) is 7.11. The standard InChI is InChI=1S/C25H38NO/c1-8-26(6,7)25(19-21(4)5,27-23-15-10-9-11-16-23)24-17-13-12-14-22(24)18-20(2)3/h9-17,20-21H,8,18-19H2,1-7H3/q+1. The lowest BCUT2D eigenvalue weighted by molar-refractivity contribution is -0.971. The Labute approximate surface area is 166 Å². The summed E-state index contributed by atoms with van der Waals surface area (Å²) in [5.74, 6) is 2.07. The molecule has 2 aromatic carbocycles. The topological polar surface area (TPSA) is 9.23 Å². The average molecular weight is 369 g/mol. The molecule has 0 aliphatic carbocycles. The number of hydrogen-bond acceptors (Lipinski definition) is 1. The number of nitrogens with zero attached hydrogens (tertiary/aromatic N) is 1. The van der Waals surface area contributed by atoms with Crippen LogP contribution in [0.15, 0.2) is 54.6 Å². The minimum absolute atomic E-state index is 0.421. The summed E-state index contributed by atoms with van der Waals surface area (Å²) in [4.78, 5) is 0. The minimum Gasteiger partial charge on any atom is -0.436 e. The van der Waals surface area contributed by atoms with Crippen LogP contribution in [0.5, 0.6) is 5.75 Å². The summed E-state index contributed by atoms with van der Waals surface area (Å²) < 4.78 is 7.74. The summed E-state index contributed by atoms with van der Waals surface area (Å²) in [6.45, 7) is 12.4. The van der Waals surface area contributed by atoms with E-state index in [1.165, 1.54) is 11.1 Å². The van der Waals surface area contributed by atoms with Crippen LogP contribution in [0.2, 0.25) is 0 Å². The van der Waals surface area contributed by atoms with Crippen molar-refractivity contribution in [3.8, 4) is 5.75 Å². The van der Waals surface area contributed by atoms with Crippen LogP contribution in [-0.2, 0) is 12.1 Å². The van der Waals surface area contributed by atoms with Crippen LogP contribution in [0.1, 0.15) is 52.2 Å². The first-order valence-corrected chi connectivity index (χ1v) is 10.4. The minimum atomic E-state index is -0.421. The molecule has 2 nitrogen and oxygen atoms in total. The molecule has 0 fully saturated rings. The number of benzene rings is 2. The molecule has 0 N–H and O–H groups in total. The summed E-state index contributed by atoms with van der Waals surface area (Å²) in [6.07, 6.45) is 2.04. The van der Waals surface area contributed by atoms with Gasteiger partial charge >= 0.3 is 0 Å². The molecule has 0 amide bonds. The van der Waals surface area contributed by atoms with Crippen molar-refractivity contribution in [1.82, 2.24) is 0 Å². The van der Waals surface area contributed by atoms with Crippen molar-refractivity contribution in [2.45, 2.75) is 53.2 Å². The fraction of sp³-hybridized carbons (Fsp3) is 0.520. The largest absolute Gasteiger partial charge is 0.436 e. The Bertz CT molecular complexity index is 705. The molecule has 0 aliphatic rings. The van der Waals surface area contributed by atoms with Gasteiger partial charge in [0.2, 0.25) is 0 Å². The molecular formula is C25H38NO+. The van der Waals surface area contributed by atoms with E-state index in [4.69, 9.17) is 4.74 Å². The van der Waals surface area contributed by atoms with Gasteiger partial charge in [0.05, 0.1) is 26.2 Å². The van der Waals surface area contributed by atoms with E-state index in [2.05, 4.69) is 97.2 Å². The second kappa shape index (κ2) is 8.93. The van der Waals surface area contributed by atoms with E-state index in [-0.39, 0.29) is 0 Å². The van der Waals surface area contributed by atoms with Gasteiger partial charge in [0.15, 0.2) is 0 Å². The molecule has 27 heavy (non-hydrogen) atoms. The van der Waals surface area contributed by atoms with Crippen molar-refractivity contribution in [3.63, 3.8) is 0 Å². The van der Waals surface area contributed by atoms with Crippen molar-refractivity contribution >= 4 is 0 Å². The third-order valence-corrected chi connectivity index (χ3v) is 5.55. The zero-order valence-corrected chi connectivity index (χ0v) is 18.3. The predicted molar refractivity (Wildman–Crippen MR) is 116 cm³/mol. The predicted octanol–water partition coefficient (Wildman–Crippen LogP) is 6.26. The van der Waals surface area contributed by atoms with Crippen LogP contribution in [0.4, 0.5) is 0 Å². The van der Waals surface area contributed by atoms with E-state index in [0.717, 1.165) is 29.6 Å². The molecule has 0 spiro atoms. The van der Waals surface area contributed by atoms with Crippen LogP contribution in [0, 0.1) is 11.8 Å². The molecule has 2 heteroatoms. The fourth-order valence-corrected chi connectivity index (χ4v) is 3.91. The third kappa shape index (κ3) is 4.93. The van der Waals surface area contributed by atoms with Crippen LogP contribution in [-0.4, -0.2) is 25.1 Å². The van der Waals surface area contributed by atoms with Gasteiger partial charge in [0, 0.05) is 6.42 Å². The Balaban J connectivity index is 2.71. The molecule has 1 atom stereocenters. The number of para-hydroxylation sites is 1. The maximum absolute atomic E-state index is 6.95. The van der Waals surface area contributed by atoms with Gasteiger partial charge < -0.3 is 4.74 Å². The Morgan fingerprint density at radius 2 is 1.44 bits per heavy atom. The van der Waals surface area contributed by atoms with Crippen LogP contribution in [0.3, 0.4) is 0 Å². The maximum atomic E-state index is 6.95. The molecule has 2 rings (SSSR count). The summed E-state index contributed by atoms with van der Waals surface area (Å²) >= 11 is 0. The summed E-state index contributed by atoms with van der Waals surface area (Å²) in [6, 6.07) is 19.2. The number of ether oxygens (including phenoxy) is 1. The monoisotopic (exact) mass is 368 g/mol. The second-order valence-electron chi connectivity index (χ2n) is 9.05. The first kappa shape index (κ1) is 21.5. The Morgan fingerprint density at radius 1 is 0.852 bits per heavy atom. The first-order chi connectivity index (χ1) is 12.7. The number of rotatable bonds is 9. The Morgan fingerprint density at radius 3 is 2.00 bits per heavy atom. The highest BCUT2D eigenvalue weighted by molar-refractivity contribution is 5.34. The summed E-state index contributed by atoms with van der Waals surface area (Å²) in [5, 5.41) is 0. The number of hydrogen-bond donors (Lipinski definition) is 0. The molecule has 148 valence electrons. The molecule has 0 aliphatic heterocycles. The van der Waals surface area contributed by atoms with Crippen molar-refractivity contribution in [1.29, 1.82) is 0 Å². The van der Waals surface area contributed by atoms with E-state index in [0.29, 0.717) is 11.8 Å². The van der Waals surface area contributed by atoms with E-state index < -0.39 is 5.72 Å². The van der Waals surface area contributed by atoms with Gasteiger partial charge in [-0.3, -0.25) is 4.48 Å². The highest BCUT2D eigenvalue weighted by atomic mass is 16.5. The van der Waals surface area contributed by atoms with Crippen molar-refractivity contribution in [2.75, 3.05) is 20.6 Å².